The van der Waals surface area contributed by atoms with Crippen LogP contribution in [0.25, 0.3) is 0 Å². The van der Waals surface area contributed by atoms with E-state index in [0.717, 1.165) is 12.0 Å². The van der Waals surface area contributed by atoms with Gasteiger partial charge in [-0.1, -0.05) is 20.8 Å². The van der Waals surface area contributed by atoms with Gasteiger partial charge in [-0.2, -0.15) is 0 Å². The van der Waals surface area contributed by atoms with Crippen molar-refractivity contribution in [3.8, 4) is 0 Å². The SMILES string of the molecule is CCC(C)(C)c1cncc(C(N)=O)c1. The van der Waals surface area contributed by atoms with Gasteiger partial charge in [0.05, 0.1) is 5.56 Å². The Morgan fingerprint density at radius 2 is 2.14 bits per heavy atom. The molecule has 0 spiro atoms. The molecular weight excluding hydrogens is 176 g/mol. The lowest BCUT2D eigenvalue weighted by atomic mass is 9.83. The number of nitrogens with zero attached hydrogens (tertiary/aromatic N) is 1. The monoisotopic (exact) mass is 192 g/mol. The highest BCUT2D eigenvalue weighted by Gasteiger charge is 2.19. The molecule has 0 aromatic carbocycles. The molecule has 3 nitrogen and oxygen atoms in total. The second kappa shape index (κ2) is 3.78. The average Bonchev–Trinajstić information content (AvgIpc) is 2.18. The molecule has 0 saturated heterocycles. The predicted octanol–water partition coefficient (Wildman–Crippen LogP) is 1.87. The van der Waals surface area contributed by atoms with Crippen LogP contribution in [0.15, 0.2) is 18.5 Å². The van der Waals surface area contributed by atoms with E-state index in [0.29, 0.717) is 5.56 Å². The highest BCUT2D eigenvalue weighted by Crippen LogP contribution is 2.26. The first kappa shape index (κ1) is 10.7. The molecule has 0 bridgehead atoms. The summed E-state index contributed by atoms with van der Waals surface area (Å²) in [6, 6.07) is 1.82. The summed E-state index contributed by atoms with van der Waals surface area (Å²) in [7, 11) is 0. The van der Waals surface area contributed by atoms with Crippen molar-refractivity contribution in [2.45, 2.75) is 32.6 Å². The second-order valence-electron chi connectivity index (χ2n) is 4.06. The zero-order valence-corrected chi connectivity index (χ0v) is 8.87. The van der Waals surface area contributed by atoms with Gasteiger partial charge in [0.15, 0.2) is 0 Å². The number of rotatable bonds is 3. The third-order valence-electron chi connectivity index (χ3n) is 2.69. The van der Waals surface area contributed by atoms with Crippen LogP contribution in [0, 0.1) is 0 Å². The summed E-state index contributed by atoms with van der Waals surface area (Å²) in [6.07, 6.45) is 4.28. The molecule has 0 aliphatic rings. The van der Waals surface area contributed by atoms with Gasteiger partial charge in [0, 0.05) is 12.4 Å². The van der Waals surface area contributed by atoms with Gasteiger partial charge in [0.2, 0.25) is 5.91 Å². The first-order valence-corrected chi connectivity index (χ1v) is 4.72. The van der Waals surface area contributed by atoms with E-state index < -0.39 is 5.91 Å². The van der Waals surface area contributed by atoms with E-state index in [1.54, 1.807) is 6.20 Å². The first-order valence-electron chi connectivity index (χ1n) is 4.72. The molecule has 3 heteroatoms. The maximum Gasteiger partial charge on any atom is 0.250 e. The summed E-state index contributed by atoms with van der Waals surface area (Å²) in [4.78, 5) is 15.0. The Balaban J connectivity index is 3.12. The smallest absolute Gasteiger partial charge is 0.250 e. The molecule has 14 heavy (non-hydrogen) atoms. The van der Waals surface area contributed by atoms with Crippen LogP contribution < -0.4 is 5.73 Å². The number of carbonyl (C=O) groups excluding carboxylic acids is 1. The number of primary amides is 1. The van der Waals surface area contributed by atoms with Gasteiger partial charge in [0.25, 0.3) is 0 Å². The van der Waals surface area contributed by atoms with Gasteiger partial charge < -0.3 is 5.73 Å². The Bertz CT molecular complexity index is 345. The summed E-state index contributed by atoms with van der Waals surface area (Å²) < 4.78 is 0. The molecule has 0 aliphatic carbocycles. The molecule has 1 rings (SSSR count). The summed E-state index contributed by atoms with van der Waals surface area (Å²) in [5.74, 6) is -0.425. The molecule has 0 fully saturated rings. The predicted molar refractivity (Wildman–Crippen MR) is 56.1 cm³/mol. The number of carbonyl (C=O) groups is 1. The normalized spacial score (nSPS) is 11.4. The van der Waals surface area contributed by atoms with E-state index in [2.05, 4.69) is 25.8 Å². The minimum atomic E-state index is -0.425. The molecule has 0 atom stereocenters. The fraction of sp³-hybridized carbons (Fsp3) is 0.455. The number of hydrogen-bond acceptors (Lipinski definition) is 2. The largest absolute Gasteiger partial charge is 0.366 e. The molecule has 76 valence electrons. The van der Waals surface area contributed by atoms with Gasteiger partial charge in [-0.25, -0.2) is 0 Å². The summed E-state index contributed by atoms with van der Waals surface area (Å²) in [5, 5.41) is 0. The Kier molecular flexibility index (Phi) is 2.89. The van der Waals surface area contributed by atoms with Crippen LogP contribution in [-0.2, 0) is 5.41 Å². The van der Waals surface area contributed by atoms with Gasteiger partial charge in [0.1, 0.15) is 0 Å². The van der Waals surface area contributed by atoms with Crippen molar-refractivity contribution in [2.24, 2.45) is 5.73 Å². The van der Waals surface area contributed by atoms with Gasteiger partial charge in [-0.3, -0.25) is 9.78 Å². The van der Waals surface area contributed by atoms with Gasteiger partial charge in [-0.15, -0.1) is 0 Å². The summed E-state index contributed by atoms with van der Waals surface area (Å²) in [6.45, 7) is 6.35. The molecule has 1 aromatic heterocycles. The van der Waals surface area contributed by atoms with E-state index in [1.807, 2.05) is 6.07 Å². The van der Waals surface area contributed by atoms with Gasteiger partial charge in [-0.05, 0) is 23.5 Å². The van der Waals surface area contributed by atoms with Crippen LogP contribution in [0.2, 0.25) is 0 Å². The average molecular weight is 192 g/mol. The number of hydrogen-bond donors (Lipinski definition) is 1. The van der Waals surface area contributed by atoms with Crippen LogP contribution in [0.1, 0.15) is 43.1 Å². The molecular formula is C11H16N2O. The van der Waals surface area contributed by atoms with Crippen molar-refractivity contribution >= 4 is 5.91 Å². The molecule has 0 radical (unpaired) electrons. The zero-order valence-electron chi connectivity index (χ0n) is 8.87. The number of aromatic nitrogens is 1. The lowest BCUT2D eigenvalue weighted by Crippen LogP contribution is -2.18. The third kappa shape index (κ3) is 2.10. The third-order valence-corrected chi connectivity index (χ3v) is 2.69. The van der Waals surface area contributed by atoms with Crippen molar-refractivity contribution in [3.63, 3.8) is 0 Å². The van der Waals surface area contributed by atoms with Crippen molar-refractivity contribution in [1.82, 2.24) is 4.98 Å². The minimum Gasteiger partial charge on any atom is -0.366 e. The van der Waals surface area contributed by atoms with E-state index in [4.69, 9.17) is 5.73 Å². The highest BCUT2D eigenvalue weighted by molar-refractivity contribution is 5.92. The Hall–Kier alpha value is -1.38. The molecule has 1 aromatic rings. The maximum absolute atomic E-state index is 11.0. The number of pyridine rings is 1. The van der Waals surface area contributed by atoms with E-state index in [-0.39, 0.29) is 5.41 Å². The van der Waals surface area contributed by atoms with Crippen molar-refractivity contribution in [1.29, 1.82) is 0 Å². The Labute approximate surface area is 84.3 Å². The molecule has 2 N–H and O–H groups in total. The van der Waals surface area contributed by atoms with Crippen molar-refractivity contribution in [2.75, 3.05) is 0 Å². The molecule has 0 unspecified atom stereocenters. The molecule has 1 heterocycles. The van der Waals surface area contributed by atoms with Crippen LogP contribution in [0.5, 0.6) is 0 Å². The Morgan fingerprint density at radius 3 is 2.64 bits per heavy atom. The maximum atomic E-state index is 11.0. The highest BCUT2D eigenvalue weighted by atomic mass is 16.1. The molecule has 0 saturated carbocycles. The lowest BCUT2D eigenvalue weighted by molar-refractivity contribution is 0.1000. The topological polar surface area (TPSA) is 56.0 Å². The second-order valence-corrected chi connectivity index (χ2v) is 4.06. The number of nitrogens with two attached hydrogens (primary N) is 1. The van der Waals surface area contributed by atoms with Crippen LogP contribution >= 0.6 is 0 Å². The van der Waals surface area contributed by atoms with Gasteiger partial charge >= 0.3 is 0 Å². The summed E-state index contributed by atoms with van der Waals surface area (Å²) in [5.41, 5.74) is 6.76. The van der Waals surface area contributed by atoms with Crippen molar-refractivity contribution < 1.29 is 4.79 Å². The summed E-state index contributed by atoms with van der Waals surface area (Å²) >= 11 is 0. The zero-order chi connectivity index (χ0) is 10.8. The fourth-order valence-corrected chi connectivity index (χ4v) is 1.15. The lowest BCUT2D eigenvalue weighted by Gasteiger charge is -2.22. The molecule has 1 amide bonds. The van der Waals surface area contributed by atoms with Crippen LogP contribution in [0.4, 0.5) is 0 Å². The first-order chi connectivity index (χ1) is 6.47. The van der Waals surface area contributed by atoms with E-state index in [9.17, 15) is 4.79 Å². The van der Waals surface area contributed by atoms with Crippen molar-refractivity contribution in [3.05, 3.63) is 29.6 Å². The van der Waals surface area contributed by atoms with E-state index >= 15 is 0 Å². The standard InChI is InChI=1S/C11H16N2O/c1-4-11(2,3)9-5-8(10(12)14)6-13-7-9/h5-7H,4H2,1-3H3,(H2,12,14). The fourth-order valence-electron chi connectivity index (χ4n) is 1.15. The molecule has 0 aliphatic heterocycles. The van der Waals surface area contributed by atoms with Crippen LogP contribution in [0.3, 0.4) is 0 Å². The Morgan fingerprint density at radius 1 is 1.50 bits per heavy atom. The minimum absolute atomic E-state index is 0.0401. The van der Waals surface area contributed by atoms with Crippen LogP contribution in [-0.4, -0.2) is 10.9 Å². The quantitative estimate of drug-likeness (QED) is 0.794. The number of amides is 1. The van der Waals surface area contributed by atoms with E-state index in [1.165, 1.54) is 6.20 Å².